The van der Waals surface area contributed by atoms with E-state index in [1.165, 1.54) is 5.56 Å². The Bertz CT molecular complexity index is 671. The molecule has 5 nitrogen and oxygen atoms in total. The summed E-state index contributed by atoms with van der Waals surface area (Å²) in [6.07, 6.45) is 6.01. The molecule has 1 aliphatic rings. The number of nitrogens with zero attached hydrogens (tertiary/aromatic N) is 4. The van der Waals surface area contributed by atoms with Crippen LogP contribution in [0.2, 0.25) is 0 Å². The van der Waals surface area contributed by atoms with E-state index in [2.05, 4.69) is 37.7 Å². The van der Waals surface area contributed by atoms with E-state index in [0.717, 1.165) is 54.9 Å². The number of rotatable bonds is 6. The number of allylic oxidation sites excluding steroid dienone is 1. The lowest BCUT2D eigenvalue weighted by molar-refractivity contribution is 0.431. The average molecular weight is 402 g/mol. The summed E-state index contributed by atoms with van der Waals surface area (Å²) in [7, 11) is 0. The van der Waals surface area contributed by atoms with Crippen molar-refractivity contribution in [2.75, 3.05) is 13.1 Å². The number of piperidine rings is 1. The number of aryl methyl sites for hydroxylation is 1. The Balaban J connectivity index is 0.00000156. The van der Waals surface area contributed by atoms with Gasteiger partial charge in [-0.15, -0.1) is 41.6 Å². The van der Waals surface area contributed by atoms with Crippen LogP contribution < -0.4 is 5.32 Å². The minimum absolute atomic E-state index is 0. The molecule has 0 radical (unpaired) electrons. The van der Waals surface area contributed by atoms with E-state index in [1.807, 2.05) is 25.3 Å². The number of halogens is 2. The lowest BCUT2D eigenvalue weighted by Gasteiger charge is -2.22. The van der Waals surface area contributed by atoms with Crippen molar-refractivity contribution in [2.24, 2.45) is 0 Å². The molecule has 138 valence electrons. The van der Waals surface area contributed by atoms with Crippen molar-refractivity contribution >= 4 is 36.6 Å². The van der Waals surface area contributed by atoms with Gasteiger partial charge in [-0.3, -0.25) is 4.98 Å². The maximum absolute atomic E-state index is 4.49. The lowest BCUT2D eigenvalue weighted by Crippen LogP contribution is -2.28. The first-order valence-electron chi connectivity index (χ1n) is 8.07. The molecule has 8 heteroatoms. The van der Waals surface area contributed by atoms with E-state index in [1.54, 1.807) is 11.8 Å². The molecule has 0 spiro atoms. The fraction of sp³-hybridized carbons (Fsp3) is 0.471. The number of nitrogens with one attached hydrogen (secondary N) is 1. The van der Waals surface area contributed by atoms with Gasteiger partial charge in [-0.05, 0) is 44.5 Å². The van der Waals surface area contributed by atoms with Gasteiger partial charge in [0.15, 0.2) is 5.16 Å². The minimum Gasteiger partial charge on any atom is -0.317 e. The topological polar surface area (TPSA) is 55.6 Å². The minimum atomic E-state index is 0. The average Bonchev–Trinajstić information content (AvgIpc) is 2.98. The van der Waals surface area contributed by atoms with Crippen LogP contribution in [0.5, 0.6) is 0 Å². The van der Waals surface area contributed by atoms with Crippen LogP contribution in [0.3, 0.4) is 0 Å². The summed E-state index contributed by atoms with van der Waals surface area (Å²) < 4.78 is 2.22. The molecule has 1 saturated heterocycles. The van der Waals surface area contributed by atoms with Gasteiger partial charge in [0.2, 0.25) is 0 Å². The number of thioether (sulfide) groups is 1. The third kappa shape index (κ3) is 5.45. The molecular formula is C17H25Cl2N5S. The number of aromatic nitrogens is 4. The Morgan fingerprint density at radius 2 is 2.08 bits per heavy atom. The molecule has 0 unspecified atom stereocenters. The highest BCUT2D eigenvalue weighted by Crippen LogP contribution is 2.29. The zero-order chi connectivity index (χ0) is 16.1. The van der Waals surface area contributed by atoms with Gasteiger partial charge in [-0.25, -0.2) is 0 Å². The molecule has 0 aromatic carbocycles. The van der Waals surface area contributed by atoms with Gasteiger partial charge in [0, 0.05) is 30.1 Å². The van der Waals surface area contributed by atoms with E-state index in [9.17, 15) is 0 Å². The molecule has 0 saturated carbocycles. The second-order valence-electron chi connectivity index (χ2n) is 5.80. The van der Waals surface area contributed by atoms with Crippen molar-refractivity contribution in [2.45, 2.75) is 43.1 Å². The molecule has 0 atom stereocenters. The van der Waals surface area contributed by atoms with Gasteiger partial charge < -0.3 is 9.88 Å². The summed E-state index contributed by atoms with van der Waals surface area (Å²) in [5.41, 5.74) is 2.32. The van der Waals surface area contributed by atoms with Gasteiger partial charge >= 0.3 is 0 Å². The van der Waals surface area contributed by atoms with Crippen LogP contribution in [0, 0.1) is 6.92 Å². The van der Waals surface area contributed by atoms with Gasteiger partial charge in [-0.2, -0.15) is 0 Å². The first-order valence-corrected chi connectivity index (χ1v) is 9.06. The van der Waals surface area contributed by atoms with Crippen LogP contribution in [0.1, 0.15) is 35.8 Å². The quantitative estimate of drug-likeness (QED) is 0.589. The largest absolute Gasteiger partial charge is 0.317 e. The van der Waals surface area contributed by atoms with Crippen LogP contribution >= 0.6 is 36.6 Å². The second-order valence-corrected chi connectivity index (χ2v) is 6.74. The lowest BCUT2D eigenvalue weighted by atomic mass is 9.97. The van der Waals surface area contributed by atoms with Crippen LogP contribution in [0.15, 0.2) is 36.1 Å². The van der Waals surface area contributed by atoms with Crippen molar-refractivity contribution in [1.29, 1.82) is 0 Å². The molecule has 1 fully saturated rings. The molecule has 3 rings (SSSR count). The standard InChI is InChI=1S/C17H23N5S.2ClH/c1-3-11-22-16(14-6-9-18-10-7-14)20-21-17(22)23-12-15-5-4-8-19-13(15)2;;/h3-5,8,14,18H,1,6-7,9-12H2,2H3;2*1H. The highest BCUT2D eigenvalue weighted by molar-refractivity contribution is 7.98. The predicted octanol–water partition coefficient (Wildman–Crippen LogP) is 3.77. The van der Waals surface area contributed by atoms with Crippen molar-refractivity contribution in [1.82, 2.24) is 25.1 Å². The molecule has 2 aromatic heterocycles. The molecular weight excluding hydrogens is 377 g/mol. The SMILES string of the molecule is C=CCn1c(SCc2cccnc2C)nnc1C1CCNCC1.Cl.Cl. The van der Waals surface area contributed by atoms with Crippen molar-refractivity contribution in [3.63, 3.8) is 0 Å². The van der Waals surface area contributed by atoms with Crippen LogP contribution in [-0.2, 0) is 12.3 Å². The Labute approximate surface area is 165 Å². The highest BCUT2D eigenvalue weighted by atomic mass is 35.5. The smallest absolute Gasteiger partial charge is 0.191 e. The zero-order valence-electron chi connectivity index (χ0n) is 14.4. The number of hydrogen-bond acceptors (Lipinski definition) is 5. The molecule has 1 aliphatic heterocycles. The molecule has 0 amide bonds. The summed E-state index contributed by atoms with van der Waals surface area (Å²) in [5, 5.41) is 13.3. The van der Waals surface area contributed by atoms with E-state index in [-0.39, 0.29) is 24.8 Å². The summed E-state index contributed by atoms with van der Waals surface area (Å²) in [4.78, 5) is 4.35. The highest BCUT2D eigenvalue weighted by Gasteiger charge is 2.22. The first-order chi connectivity index (χ1) is 11.3. The second kappa shape index (κ2) is 10.8. The van der Waals surface area contributed by atoms with Crippen LogP contribution in [0.4, 0.5) is 0 Å². The van der Waals surface area contributed by atoms with E-state index in [4.69, 9.17) is 0 Å². The summed E-state index contributed by atoms with van der Waals surface area (Å²) >= 11 is 1.73. The Hall–Kier alpha value is -1.08. The fourth-order valence-electron chi connectivity index (χ4n) is 2.90. The summed E-state index contributed by atoms with van der Waals surface area (Å²) in [6.45, 7) is 8.82. The first kappa shape index (κ1) is 22.0. The van der Waals surface area contributed by atoms with E-state index in [0.29, 0.717) is 5.92 Å². The fourth-order valence-corrected chi connectivity index (χ4v) is 3.91. The summed E-state index contributed by atoms with van der Waals surface area (Å²) in [6, 6.07) is 4.11. The maximum atomic E-state index is 4.49. The van der Waals surface area contributed by atoms with E-state index >= 15 is 0 Å². The number of hydrogen-bond donors (Lipinski definition) is 1. The maximum Gasteiger partial charge on any atom is 0.191 e. The summed E-state index contributed by atoms with van der Waals surface area (Å²) in [5.74, 6) is 2.47. The van der Waals surface area contributed by atoms with E-state index < -0.39 is 0 Å². The molecule has 2 aromatic rings. The van der Waals surface area contributed by atoms with Crippen LogP contribution in [0.25, 0.3) is 0 Å². The third-order valence-electron chi connectivity index (χ3n) is 4.23. The molecule has 0 aliphatic carbocycles. The van der Waals surface area contributed by atoms with Gasteiger partial charge in [0.05, 0.1) is 0 Å². The zero-order valence-corrected chi connectivity index (χ0v) is 16.8. The molecule has 25 heavy (non-hydrogen) atoms. The molecule has 0 bridgehead atoms. The normalized spacial score (nSPS) is 14.4. The van der Waals surface area contributed by atoms with Crippen LogP contribution in [-0.4, -0.2) is 32.8 Å². The predicted molar refractivity (Wildman–Crippen MR) is 108 cm³/mol. The monoisotopic (exact) mass is 401 g/mol. The Morgan fingerprint density at radius 3 is 2.76 bits per heavy atom. The van der Waals surface area contributed by atoms with Gasteiger partial charge in [0.1, 0.15) is 5.82 Å². The van der Waals surface area contributed by atoms with Gasteiger partial charge in [0.25, 0.3) is 0 Å². The van der Waals surface area contributed by atoms with Crippen molar-refractivity contribution in [3.8, 4) is 0 Å². The van der Waals surface area contributed by atoms with Crippen molar-refractivity contribution in [3.05, 3.63) is 48.1 Å². The Kier molecular flexibility index (Phi) is 9.50. The van der Waals surface area contributed by atoms with Crippen molar-refractivity contribution < 1.29 is 0 Å². The van der Waals surface area contributed by atoms with Gasteiger partial charge in [-0.1, -0.05) is 23.9 Å². The third-order valence-corrected chi connectivity index (χ3v) is 5.25. The Morgan fingerprint density at radius 1 is 1.32 bits per heavy atom. The molecule has 3 heterocycles. The molecule has 1 N–H and O–H groups in total. The number of pyridine rings is 1.